The number of alkyl halides is 3. The quantitative estimate of drug-likeness (QED) is 0.836. The summed E-state index contributed by atoms with van der Waals surface area (Å²) >= 11 is 3.18. The van der Waals surface area contributed by atoms with Gasteiger partial charge in [0.05, 0.1) is 0 Å². The number of halogens is 4. The predicted octanol–water partition coefficient (Wildman–Crippen LogP) is 3.53. The van der Waals surface area contributed by atoms with Crippen LogP contribution in [0.1, 0.15) is 18.1 Å². The zero-order valence-corrected chi connectivity index (χ0v) is 9.78. The van der Waals surface area contributed by atoms with E-state index in [-0.39, 0.29) is 5.56 Å². The molecule has 0 aliphatic carbocycles. The van der Waals surface area contributed by atoms with Crippen LogP contribution in [0.3, 0.4) is 0 Å². The number of hydrogen-bond donors (Lipinski definition) is 1. The van der Waals surface area contributed by atoms with Crippen LogP contribution >= 0.6 is 15.9 Å². The molecule has 0 aromatic heterocycles. The lowest BCUT2D eigenvalue weighted by Crippen LogP contribution is -2.39. The minimum atomic E-state index is -4.67. The number of aliphatic hydroxyl groups is 1. The molecule has 84 valence electrons. The van der Waals surface area contributed by atoms with E-state index in [4.69, 9.17) is 0 Å². The Morgan fingerprint density at radius 2 is 1.80 bits per heavy atom. The van der Waals surface area contributed by atoms with Crippen LogP contribution in [0.4, 0.5) is 13.2 Å². The Kier molecular flexibility index (Phi) is 3.16. The lowest BCUT2D eigenvalue weighted by Gasteiger charge is -2.27. The molecular weight excluding hydrogens is 273 g/mol. The molecule has 0 heterocycles. The highest BCUT2D eigenvalue weighted by Gasteiger charge is 2.51. The first kappa shape index (κ1) is 12.5. The molecule has 1 atom stereocenters. The standard InChI is InChI=1S/C10H10BrF3O/c1-6-5-7(3-4-8(6)11)9(2,15)10(12,13)14/h3-5,15H,1-2H3. The first-order valence-electron chi connectivity index (χ1n) is 4.22. The summed E-state index contributed by atoms with van der Waals surface area (Å²) in [4.78, 5) is 0. The molecule has 0 radical (unpaired) electrons. The van der Waals surface area contributed by atoms with Crippen LogP contribution in [0.15, 0.2) is 22.7 Å². The van der Waals surface area contributed by atoms with Gasteiger partial charge in [0, 0.05) is 4.47 Å². The molecule has 1 aromatic rings. The fraction of sp³-hybridized carbons (Fsp3) is 0.400. The highest BCUT2D eigenvalue weighted by molar-refractivity contribution is 9.10. The lowest BCUT2D eigenvalue weighted by atomic mass is 9.94. The van der Waals surface area contributed by atoms with Crippen LogP contribution in [0.2, 0.25) is 0 Å². The Labute approximate surface area is 94.0 Å². The summed E-state index contributed by atoms with van der Waals surface area (Å²) in [5.74, 6) is 0. The summed E-state index contributed by atoms with van der Waals surface area (Å²) in [5, 5.41) is 9.40. The van der Waals surface area contributed by atoms with Crippen LogP contribution in [-0.2, 0) is 5.60 Å². The van der Waals surface area contributed by atoms with Gasteiger partial charge in [-0.05, 0) is 31.0 Å². The molecule has 1 N–H and O–H groups in total. The van der Waals surface area contributed by atoms with Gasteiger partial charge in [-0.2, -0.15) is 13.2 Å². The van der Waals surface area contributed by atoms with Crippen LogP contribution in [-0.4, -0.2) is 11.3 Å². The largest absolute Gasteiger partial charge is 0.421 e. The van der Waals surface area contributed by atoms with Gasteiger partial charge in [-0.3, -0.25) is 0 Å². The van der Waals surface area contributed by atoms with Gasteiger partial charge in [0.1, 0.15) is 0 Å². The van der Waals surface area contributed by atoms with Crippen molar-refractivity contribution >= 4 is 15.9 Å². The molecular formula is C10H10BrF3O. The van der Waals surface area contributed by atoms with E-state index in [0.717, 1.165) is 6.92 Å². The molecule has 0 saturated heterocycles. The first-order valence-corrected chi connectivity index (χ1v) is 5.01. The Morgan fingerprint density at radius 1 is 1.27 bits per heavy atom. The summed E-state index contributed by atoms with van der Waals surface area (Å²) in [7, 11) is 0. The van der Waals surface area contributed by atoms with Gasteiger partial charge in [0.15, 0.2) is 5.60 Å². The molecule has 5 heteroatoms. The summed E-state index contributed by atoms with van der Waals surface area (Å²) in [5.41, 5.74) is -2.31. The van der Waals surface area contributed by atoms with Crippen molar-refractivity contribution in [1.29, 1.82) is 0 Å². The molecule has 0 amide bonds. The molecule has 15 heavy (non-hydrogen) atoms. The van der Waals surface area contributed by atoms with Crippen LogP contribution < -0.4 is 0 Å². The Morgan fingerprint density at radius 3 is 2.20 bits per heavy atom. The predicted molar refractivity (Wildman–Crippen MR) is 54.5 cm³/mol. The van der Waals surface area contributed by atoms with Crippen molar-refractivity contribution in [3.63, 3.8) is 0 Å². The maximum Gasteiger partial charge on any atom is 0.421 e. The van der Waals surface area contributed by atoms with Gasteiger partial charge in [0.25, 0.3) is 0 Å². The van der Waals surface area contributed by atoms with Crippen LogP contribution in [0.5, 0.6) is 0 Å². The second-order valence-corrected chi connectivity index (χ2v) is 4.39. The van der Waals surface area contributed by atoms with Crippen molar-refractivity contribution < 1.29 is 18.3 Å². The summed E-state index contributed by atoms with van der Waals surface area (Å²) in [6, 6.07) is 4.06. The normalized spacial score (nSPS) is 16.2. The second kappa shape index (κ2) is 3.79. The third kappa shape index (κ3) is 2.34. The van der Waals surface area contributed by atoms with Gasteiger partial charge in [-0.15, -0.1) is 0 Å². The van der Waals surface area contributed by atoms with Gasteiger partial charge in [-0.1, -0.05) is 28.1 Å². The number of aryl methyl sites for hydroxylation is 1. The van der Waals surface area contributed by atoms with E-state index < -0.39 is 11.8 Å². The highest BCUT2D eigenvalue weighted by Crippen LogP contribution is 2.39. The molecule has 0 fully saturated rings. The van der Waals surface area contributed by atoms with Crippen LogP contribution in [0.25, 0.3) is 0 Å². The van der Waals surface area contributed by atoms with Gasteiger partial charge in [-0.25, -0.2) is 0 Å². The second-order valence-electron chi connectivity index (χ2n) is 3.53. The summed E-state index contributed by atoms with van der Waals surface area (Å²) in [6.07, 6.45) is -4.67. The lowest BCUT2D eigenvalue weighted by molar-refractivity contribution is -0.258. The van der Waals surface area contributed by atoms with E-state index in [1.54, 1.807) is 6.92 Å². The molecule has 1 rings (SSSR count). The fourth-order valence-electron chi connectivity index (χ4n) is 1.11. The Bertz CT molecular complexity index is 371. The minimum Gasteiger partial charge on any atom is -0.376 e. The summed E-state index contributed by atoms with van der Waals surface area (Å²) < 4.78 is 38.2. The fourth-order valence-corrected chi connectivity index (χ4v) is 1.36. The van der Waals surface area contributed by atoms with E-state index >= 15 is 0 Å². The van der Waals surface area contributed by atoms with Crippen molar-refractivity contribution in [1.82, 2.24) is 0 Å². The van der Waals surface area contributed by atoms with Crippen molar-refractivity contribution in [3.05, 3.63) is 33.8 Å². The van der Waals surface area contributed by atoms with Crippen molar-refractivity contribution in [2.75, 3.05) is 0 Å². The Hall–Kier alpha value is -0.550. The van der Waals surface area contributed by atoms with Gasteiger partial charge in [0.2, 0.25) is 0 Å². The van der Waals surface area contributed by atoms with E-state index in [9.17, 15) is 18.3 Å². The van der Waals surface area contributed by atoms with Gasteiger partial charge >= 0.3 is 6.18 Å². The maximum absolute atomic E-state index is 12.5. The Balaban J connectivity index is 3.22. The van der Waals surface area contributed by atoms with E-state index in [0.29, 0.717) is 10.0 Å². The molecule has 0 spiro atoms. The summed E-state index contributed by atoms with van der Waals surface area (Å²) in [6.45, 7) is 2.41. The minimum absolute atomic E-state index is 0.157. The number of rotatable bonds is 1. The third-order valence-electron chi connectivity index (χ3n) is 2.27. The number of benzene rings is 1. The van der Waals surface area contributed by atoms with Crippen molar-refractivity contribution in [2.45, 2.75) is 25.6 Å². The molecule has 1 unspecified atom stereocenters. The monoisotopic (exact) mass is 282 g/mol. The highest BCUT2D eigenvalue weighted by atomic mass is 79.9. The average Bonchev–Trinajstić information content (AvgIpc) is 2.07. The molecule has 0 bridgehead atoms. The maximum atomic E-state index is 12.5. The third-order valence-corrected chi connectivity index (χ3v) is 3.16. The zero-order valence-electron chi connectivity index (χ0n) is 8.19. The molecule has 1 aromatic carbocycles. The number of hydrogen-bond acceptors (Lipinski definition) is 1. The van der Waals surface area contributed by atoms with Crippen molar-refractivity contribution in [3.8, 4) is 0 Å². The zero-order chi connectivity index (χ0) is 11.9. The SMILES string of the molecule is Cc1cc(C(C)(O)C(F)(F)F)ccc1Br. The smallest absolute Gasteiger partial charge is 0.376 e. The van der Waals surface area contributed by atoms with E-state index in [2.05, 4.69) is 15.9 Å². The molecule has 0 aliphatic rings. The van der Waals surface area contributed by atoms with E-state index in [1.165, 1.54) is 18.2 Å². The van der Waals surface area contributed by atoms with E-state index in [1.807, 2.05) is 0 Å². The molecule has 1 nitrogen and oxygen atoms in total. The van der Waals surface area contributed by atoms with Gasteiger partial charge < -0.3 is 5.11 Å². The molecule has 0 aliphatic heterocycles. The van der Waals surface area contributed by atoms with Crippen LogP contribution in [0, 0.1) is 6.92 Å². The van der Waals surface area contributed by atoms with Crippen molar-refractivity contribution in [2.24, 2.45) is 0 Å². The molecule has 0 saturated carbocycles. The topological polar surface area (TPSA) is 20.2 Å². The average molecular weight is 283 g/mol. The first-order chi connectivity index (χ1) is 6.66.